The highest BCUT2D eigenvalue weighted by Gasteiger charge is 2.31. The van der Waals surface area contributed by atoms with Crippen LogP contribution in [0.4, 0.5) is 5.82 Å². The van der Waals surface area contributed by atoms with Crippen LogP contribution in [0.3, 0.4) is 0 Å². The normalized spacial score (nSPS) is 23.0. The van der Waals surface area contributed by atoms with Crippen LogP contribution < -0.4 is 10.2 Å². The lowest BCUT2D eigenvalue weighted by molar-refractivity contribution is -0.142. The van der Waals surface area contributed by atoms with E-state index in [2.05, 4.69) is 31.2 Å². The summed E-state index contributed by atoms with van der Waals surface area (Å²) in [7, 11) is 1.80. The van der Waals surface area contributed by atoms with E-state index < -0.39 is 0 Å². The molecule has 1 unspecified atom stereocenters. The predicted octanol–water partition coefficient (Wildman–Crippen LogP) is 0.317. The summed E-state index contributed by atoms with van der Waals surface area (Å²) in [6.07, 6.45) is 3.43. The monoisotopic (exact) mass is 416 g/mol. The van der Waals surface area contributed by atoms with Gasteiger partial charge in [0.2, 0.25) is 0 Å². The SMILES string of the molecule is CN=C(NCc1cccnc1N1CCOCC1)N1CCN(C(=O)C2CCCO2)CC1. The third-order valence-corrected chi connectivity index (χ3v) is 5.92. The van der Waals surface area contributed by atoms with Crippen LogP contribution in [0.2, 0.25) is 0 Å². The fourth-order valence-electron chi connectivity index (χ4n) is 4.25. The Morgan fingerprint density at radius 1 is 1.17 bits per heavy atom. The van der Waals surface area contributed by atoms with Crippen molar-refractivity contribution >= 4 is 17.7 Å². The third kappa shape index (κ3) is 4.84. The fraction of sp³-hybridized carbons (Fsp3) is 0.667. The van der Waals surface area contributed by atoms with Gasteiger partial charge in [-0.15, -0.1) is 0 Å². The first-order valence-electron chi connectivity index (χ1n) is 10.9. The molecule has 1 atom stereocenters. The zero-order chi connectivity index (χ0) is 20.8. The van der Waals surface area contributed by atoms with Crippen LogP contribution in [0.1, 0.15) is 18.4 Å². The number of aliphatic imine (C=N–C) groups is 1. The van der Waals surface area contributed by atoms with Crippen molar-refractivity contribution in [1.29, 1.82) is 0 Å². The number of morpholine rings is 1. The molecule has 0 radical (unpaired) electrons. The minimum absolute atomic E-state index is 0.139. The first-order chi connectivity index (χ1) is 14.8. The van der Waals surface area contributed by atoms with Gasteiger partial charge in [-0.05, 0) is 18.9 Å². The van der Waals surface area contributed by atoms with Gasteiger partial charge in [-0.1, -0.05) is 6.07 Å². The first-order valence-corrected chi connectivity index (χ1v) is 10.9. The lowest BCUT2D eigenvalue weighted by Gasteiger charge is -2.37. The van der Waals surface area contributed by atoms with Crippen molar-refractivity contribution < 1.29 is 14.3 Å². The second-order valence-corrected chi connectivity index (χ2v) is 7.80. The topological polar surface area (TPSA) is 82.5 Å². The summed E-state index contributed by atoms with van der Waals surface area (Å²) in [6, 6.07) is 4.08. The van der Waals surface area contributed by atoms with Gasteiger partial charge in [-0.2, -0.15) is 0 Å². The second-order valence-electron chi connectivity index (χ2n) is 7.80. The number of amides is 1. The average Bonchev–Trinajstić information content (AvgIpc) is 3.35. The Morgan fingerprint density at radius 2 is 1.93 bits per heavy atom. The molecule has 0 aromatic carbocycles. The summed E-state index contributed by atoms with van der Waals surface area (Å²) < 4.78 is 11.0. The van der Waals surface area contributed by atoms with Crippen molar-refractivity contribution in [2.24, 2.45) is 4.99 Å². The van der Waals surface area contributed by atoms with Crippen LogP contribution in [0, 0.1) is 0 Å². The summed E-state index contributed by atoms with van der Waals surface area (Å²) in [6.45, 7) is 7.48. The Bertz CT molecular complexity index is 738. The van der Waals surface area contributed by atoms with E-state index in [0.717, 1.165) is 69.6 Å². The van der Waals surface area contributed by atoms with Crippen molar-refractivity contribution in [2.75, 3.05) is 71.0 Å². The number of hydrogen-bond acceptors (Lipinski definition) is 6. The van der Waals surface area contributed by atoms with Gasteiger partial charge < -0.3 is 29.5 Å². The molecule has 1 aromatic heterocycles. The molecular formula is C21H32N6O3. The van der Waals surface area contributed by atoms with Crippen molar-refractivity contribution in [3.63, 3.8) is 0 Å². The molecule has 164 valence electrons. The van der Waals surface area contributed by atoms with E-state index in [4.69, 9.17) is 9.47 Å². The Kier molecular flexibility index (Phi) is 7.01. The standard InChI is InChI=1S/C21H32N6O3/c1-22-21(27-9-7-26(8-10-27)20(28)18-5-3-13-30-18)24-16-17-4-2-6-23-19(17)25-11-14-29-15-12-25/h2,4,6,18H,3,5,7-16H2,1H3,(H,22,24). The zero-order valence-electron chi connectivity index (χ0n) is 17.8. The highest BCUT2D eigenvalue weighted by atomic mass is 16.5. The summed E-state index contributed by atoms with van der Waals surface area (Å²) in [5, 5.41) is 3.48. The summed E-state index contributed by atoms with van der Waals surface area (Å²) in [5.41, 5.74) is 1.15. The van der Waals surface area contributed by atoms with Crippen molar-refractivity contribution in [3.05, 3.63) is 23.9 Å². The number of ether oxygens (including phenoxy) is 2. The molecule has 0 saturated carbocycles. The van der Waals surface area contributed by atoms with E-state index in [1.807, 2.05) is 17.2 Å². The molecule has 3 aliphatic rings. The van der Waals surface area contributed by atoms with Crippen LogP contribution in [0.15, 0.2) is 23.3 Å². The van der Waals surface area contributed by atoms with E-state index in [-0.39, 0.29) is 12.0 Å². The lowest BCUT2D eigenvalue weighted by atomic mass is 10.2. The number of pyridine rings is 1. The van der Waals surface area contributed by atoms with Gasteiger partial charge in [0.25, 0.3) is 5.91 Å². The zero-order valence-corrected chi connectivity index (χ0v) is 17.8. The number of nitrogens with zero attached hydrogens (tertiary/aromatic N) is 5. The first kappa shape index (κ1) is 20.9. The van der Waals surface area contributed by atoms with Crippen molar-refractivity contribution in [1.82, 2.24) is 20.1 Å². The predicted molar refractivity (Wildman–Crippen MR) is 115 cm³/mol. The smallest absolute Gasteiger partial charge is 0.251 e. The molecule has 3 saturated heterocycles. The van der Waals surface area contributed by atoms with Crippen molar-refractivity contribution in [2.45, 2.75) is 25.5 Å². The van der Waals surface area contributed by atoms with Crippen molar-refractivity contribution in [3.8, 4) is 0 Å². The highest BCUT2D eigenvalue weighted by molar-refractivity contribution is 5.83. The molecule has 30 heavy (non-hydrogen) atoms. The number of carbonyl (C=O) groups is 1. The quantitative estimate of drug-likeness (QED) is 0.559. The van der Waals surface area contributed by atoms with E-state index in [1.54, 1.807) is 7.05 Å². The maximum absolute atomic E-state index is 12.6. The van der Waals surface area contributed by atoms with Gasteiger partial charge in [-0.3, -0.25) is 9.79 Å². The van der Waals surface area contributed by atoms with Gasteiger partial charge in [0.05, 0.1) is 13.2 Å². The number of rotatable bonds is 4. The molecule has 1 amide bonds. The van der Waals surface area contributed by atoms with Gasteiger partial charge in [0, 0.05) is 71.2 Å². The Morgan fingerprint density at radius 3 is 2.63 bits per heavy atom. The van der Waals surface area contributed by atoms with Gasteiger partial charge in [-0.25, -0.2) is 4.98 Å². The average molecular weight is 417 g/mol. The van der Waals surface area contributed by atoms with E-state index >= 15 is 0 Å². The molecule has 9 heteroatoms. The number of carbonyl (C=O) groups excluding carboxylic acids is 1. The number of aromatic nitrogens is 1. The Labute approximate surface area is 178 Å². The molecule has 0 aliphatic carbocycles. The van der Waals surface area contributed by atoms with Crippen LogP contribution in [-0.4, -0.2) is 98.9 Å². The second kappa shape index (κ2) is 10.1. The third-order valence-electron chi connectivity index (χ3n) is 5.92. The van der Waals surface area contributed by atoms with Gasteiger partial charge in [0.1, 0.15) is 11.9 Å². The van der Waals surface area contributed by atoms with E-state index in [0.29, 0.717) is 26.2 Å². The summed E-state index contributed by atoms with van der Waals surface area (Å²) >= 11 is 0. The molecule has 1 N–H and O–H groups in total. The number of nitrogens with one attached hydrogen (secondary N) is 1. The van der Waals surface area contributed by atoms with Crippen LogP contribution in [-0.2, 0) is 20.8 Å². The maximum atomic E-state index is 12.6. The number of anilines is 1. The molecule has 9 nitrogen and oxygen atoms in total. The maximum Gasteiger partial charge on any atom is 0.251 e. The fourth-order valence-corrected chi connectivity index (χ4v) is 4.25. The molecule has 0 spiro atoms. The van der Waals surface area contributed by atoms with Crippen LogP contribution >= 0.6 is 0 Å². The molecule has 1 aromatic rings. The molecular weight excluding hydrogens is 384 g/mol. The molecule has 4 rings (SSSR count). The molecule has 3 aliphatic heterocycles. The number of hydrogen-bond donors (Lipinski definition) is 1. The van der Waals surface area contributed by atoms with Crippen LogP contribution in [0.5, 0.6) is 0 Å². The number of piperazine rings is 1. The number of guanidine groups is 1. The highest BCUT2D eigenvalue weighted by Crippen LogP contribution is 2.19. The minimum Gasteiger partial charge on any atom is -0.378 e. The lowest BCUT2D eigenvalue weighted by Crippen LogP contribution is -2.55. The summed E-state index contributed by atoms with van der Waals surface area (Å²) in [4.78, 5) is 28.1. The molecule has 3 fully saturated rings. The van der Waals surface area contributed by atoms with Gasteiger partial charge >= 0.3 is 0 Å². The largest absolute Gasteiger partial charge is 0.378 e. The van der Waals surface area contributed by atoms with Crippen LogP contribution in [0.25, 0.3) is 0 Å². The van der Waals surface area contributed by atoms with E-state index in [1.165, 1.54) is 0 Å². The minimum atomic E-state index is -0.238. The molecule has 4 heterocycles. The Balaban J connectivity index is 1.31. The van der Waals surface area contributed by atoms with Gasteiger partial charge in [0.15, 0.2) is 5.96 Å². The molecule has 0 bridgehead atoms. The summed E-state index contributed by atoms with van der Waals surface area (Å²) in [5.74, 6) is 2.01. The van der Waals surface area contributed by atoms with E-state index in [9.17, 15) is 4.79 Å². The Hall–Kier alpha value is -2.39.